The van der Waals surface area contributed by atoms with E-state index in [1.807, 2.05) is 6.92 Å². The molecule has 0 radical (unpaired) electrons. The predicted molar refractivity (Wildman–Crippen MR) is 145 cm³/mol. The molecule has 11 heteroatoms. The number of halogens is 2. The minimum Gasteiger partial charge on any atom is -0.488 e. The van der Waals surface area contributed by atoms with Gasteiger partial charge in [0.2, 0.25) is 10.0 Å². The average molecular weight is 580 g/mol. The van der Waals surface area contributed by atoms with Crippen molar-refractivity contribution in [1.82, 2.24) is 9.21 Å². The van der Waals surface area contributed by atoms with Crippen molar-refractivity contribution in [1.29, 1.82) is 0 Å². The van der Waals surface area contributed by atoms with Gasteiger partial charge in [-0.25, -0.2) is 8.42 Å². The Kier molecular flexibility index (Phi) is 8.97. The van der Waals surface area contributed by atoms with E-state index in [1.54, 1.807) is 65.6 Å². The fourth-order valence-electron chi connectivity index (χ4n) is 4.25. The molecule has 3 aromatic rings. The number of sulfonamides is 1. The number of ether oxygens (including phenoxy) is 1. The van der Waals surface area contributed by atoms with E-state index in [0.29, 0.717) is 32.5 Å². The summed E-state index contributed by atoms with van der Waals surface area (Å²) in [5, 5.41) is 21.5. The fourth-order valence-corrected chi connectivity index (χ4v) is 6.14. The third-order valence-corrected chi connectivity index (χ3v) is 8.88. The Morgan fingerprint density at radius 3 is 2.32 bits per heavy atom. The van der Waals surface area contributed by atoms with Gasteiger partial charge < -0.3 is 14.9 Å². The summed E-state index contributed by atoms with van der Waals surface area (Å²) >= 11 is 12.2. The average Bonchev–Trinajstić information content (AvgIpc) is 2.88. The van der Waals surface area contributed by atoms with Crippen LogP contribution in [0.5, 0.6) is 5.75 Å². The highest BCUT2D eigenvalue weighted by Gasteiger charge is 2.32. The second kappa shape index (κ2) is 12.0. The zero-order chi connectivity index (χ0) is 27.4. The summed E-state index contributed by atoms with van der Waals surface area (Å²) < 4.78 is 33.5. The van der Waals surface area contributed by atoms with E-state index < -0.39 is 22.2 Å². The minimum absolute atomic E-state index is 0.108. The maximum absolute atomic E-state index is 13.1. The van der Waals surface area contributed by atoms with Gasteiger partial charge in [0.15, 0.2) is 0 Å². The Balaban J connectivity index is 1.51. The number of hydrogen-bond acceptors (Lipinski definition) is 6. The lowest BCUT2D eigenvalue weighted by Crippen LogP contribution is -2.49. The van der Waals surface area contributed by atoms with Crippen LogP contribution in [0.3, 0.4) is 0 Å². The van der Waals surface area contributed by atoms with Gasteiger partial charge >= 0.3 is 5.97 Å². The normalized spacial score (nSPS) is 15.8. The molecular weight excluding hydrogens is 551 g/mol. The van der Waals surface area contributed by atoms with E-state index in [4.69, 9.17) is 27.9 Å². The molecule has 1 fully saturated rings. The Hall–Kier alpha value is -2.66. The Morgan fingerprint density at radius 2 is 1.68 bits per heavy atom. The molecule has 1 aliphatic heterocycles. The van der Waals surface area contributed by atoms with E-state index in [1.165, 1.54) is 4.31 Å². The molecule has 0 spiro atoms. The van der Waals surface area contributed by atoms with Crippen molar-refractivity contribution < 1.29 is 28.2 Å². The van der Waals surface area contributed by atoms with Crippen LogP contribution in [-0.4, -0.2) is 60.0 Å². The van der Waals surface area contributed by atoms with Crippen molar-refractivity contribution >= 4 is 39.2 Å². The van der Waals surface area contributed by atoms with Gasteiger partial charge in [-0.05, 0) is 48.9 Å². The van der Waals surface area contributed by atoms with Crippen LogP contribution in [0.4, 0.5) is 0 Å². The molecule has 1 unspecified atom stereocenters. The molecule has 2 N–H and O–H groups in total. The summed E-state index contributed by atoms with van der Waals surface area (Å²) in [6, 6.07) is 16.6. The minimum atomic E-state index is -3.65. The van der Waals surface area contributed by atoms with E-state index in [-0.39, 0.29) is 44.1 Å². The maximum atomic E-state index is 13.1. The largest absolute Gasteiger partial charge is 0.488 e. The van der Waals surface area contributed by atoms with Gasteiger partial charge in [-0.1, -0.05) is 53.0 Å². The third kappa shape index (κ3) is 6.66. The van der Waals surface area contributed by atoms with Crippen molar-refractivity contribution in [3.63, 3.8) is 0 Å². The van der Waals surface area contributed by atoms with Crippen LogP contribution in [0.25, 0.3) is 0 Å². The first-order valence-electron chi connectivity index (χ1n) is 11.9. The summed E-state index contributed by atoms with van der Waals surface area (Å²) in [7, 11) is -3.65. The molecular formula is C27H28Cl2N2O6S. The number of aliphatic hydroxyl groups excluding tert-OH is 1. The van der Waals surface area contributed by atoms with Crippen LogP contribution in [0, 0.1) is 6.92 Å². The third-order valence-electron chi connectivity index (χ3n) is 6.38. The number of piperazine rings is 1. The lowest BCUT2D eigenvalue weighted by atomic mass is 10.0. The molecule has 1 heterocycles. The van der Waals surface area contributed by atoms with Crippen LogP contribution < -0.4 is 4.74 Å². The van der Waals surface area contributed by atoms with Crippen molar-refractivity contribution in [3.8, 4) is 5.75 Å². The quantitative estimate of drug-likeness (QED) is 0.384. The topological polar surface area (TPSA) is 107 Å². The zero-order valence-corrected chi connectivity index (χ0v) is 23.0. The van der Waals surface area contributed by atoms with Crippen molar-refractivity contribution in [2.45, 2.75) is 31.1 Å². The number of carboxylic acids is 1. The molecule has 1 aliphatic rings. The van der Waals surface area contributed by atoms with Gasteiger partial charge in [0.1, 0.15) is 18.6 Å². The van der Waals surface area contributed by atoms with Crippen LogP contribution in [0.1, 0.15) is 28.5 Å². The van der Waals surface area contributed by atoms with E-state index in [9.17, 15) is 23.4 Å². The van der Waals surface area contributed by atoms with Crippen LogP contribution >= 0.6 is 23.2 Å². The van der Waals surface area contributed by atoms with Crippen molar-refractivity contribution in [3.05, 3.63) is 93.0 Å². The second-order valence-corrected chi connectivity index (χ2v) is 11.9. The Labute approximate surface area is 232 Å². The molecule has 1 atom stereocenters. The molecule has 8 nitrogen and oxygen atoms in total. The van der Waals surface area contributed by atoms with E-state index in [2.05, 4.69) is 0 Å². The highest BCUT2D eigenvalue weighted by Crippen LogP contribution is 2.32. The van der Waals surface area contributed by atoms with Crippen LogP contribution in [0.15, 0.2) is 65.6 Å². The highest BCUT2D eigenvalue weighted by atomic mass is 35.5. The number of carboxylic acid groups (broad SMARTS) is 1. The summed E-state index contributed by atoms with van der Waals surface area (Å²) in [4.78, 5) is 13.3. The number of aryl methyl sites for hydroxylation is 1. The number of nitrogens with zero attached hydrogens (tertiary/aromatic N) is 2. The monoisotopic (exact) mass is 578 g/mol. The first-order valence-corrected chi connectivity index (χ1v) is 14.1. The molecule has 3 aromatic carbocycles. The smallest absolute Gasteiger partial charge is 0.307 e. The number of rotatable bonds is 9. The molecule has 0 saturated carbocycles. The lowest BCUT2D eigenvalue weighted by Gasteiger charge is -2.37. The maximum Gasteiger partial charge on any atom is 0.307 e. The van der Waals surface area contributed by atoms with Gasteiger partial charge in [-0.3, -0.25) is 9.69 Å². The molecule has 38 heavy (non-hydrogen) atoms. The molecule has 1 saturated heterocycles. The zero-order valence-electron chi connectivity index (χ0n) is 20.7. The SMILES string of the molecule is Cc1ccc(S(=O)(=O)N2CCN(C(O)c3cc(CC(=O)O)ccc3OCc3ccc(Cl)cc3Cl)CC2)cc1. The summed E-state index contributed by atoms with van der Waals surface area (Å²) in [5.74, 6) is -0.630. The van der Waals surface area contributed by atoms with Gasteiger partial charge in [-0.2, -0.15) is 4.31 Å². The van der Waals surface area contributed by atoms with Crippen molar-refractivity contribution in [2.75, 3.05) is 26.2 Å². The number of hydrogen-bond donors (Lipinski definition) is 2. The number of benzene rings is 3. The molecule has 0 amide bonds. The van der Waals surface area contributed by atoms with Gasteiger partial charge in [0, 0.05) is 47.4 Å². The molecule has 0 bridgehead atoms. The Bertz CT molecular complexity index is 1410. The Morgan fingerprint density at radius 1 is 1.00 bits per heavy atom. The van der Waals surface area contributed by atoms with Gasteiger partial charge in [0.05, 0.1) is 11.3 Å². The molecule has 4 rings (SSSR count). The summed E-state index contributed by atoms with van der Waals surface area (Å²) in [6.45, 7) is 2.94. The van der Waals surface area contributed by atoms with E-state index >= 15 is 0 Å². The predicted octanol–water partition coefficient (Wildman–Crippen LogP) is 4.51. The first-order chi connectivity index (χ1) is 18.0. The molecule has 0 aromatic heterocycles. The first kappa shape index (κ1) is 28.4. The fraction of sp³-hybridized carbons (Fsp3) is 0.296. The standard InChI is InChI=1S/C27H28Cl2N2O6S/c1-18-2-7-22(8-3-18)38(35,36)31-12-10-30(11-13-31)27(34)23-14-19(15-26(32)33)4-9-25(23)37-17-20-5-6-21(28)16-24(20)29/h2-9,14,16,27,34H,10-13,15,17H2,1H3,(H,32,33). The van der Waals surface area contributed by atoms with Gasteiger partial charge in [-0.15, -0.1) is 0 Å². The number of aliphatic carboxylic acids is 1. The van der Waals surface area contributed by atoms with Gasteiger partial charge in [0.25, 0.3) is 0 Å². The summed E-state index contributed by atoms with van der Waals surface area (Å²) in [5.41, 5.74) is 2.56. The van der Waals surface area contributed by atoms with Crippen molar-refractivity contribution in [2.24, 2.45) is 0 Å². The molecule has 202 valence electrons. The molecule has 0 aliphatic carbocycles. The second-order valence-electron chi connectivity index (χ2n) is 9.09. The van der Waals surface area contributed by atoms with Crippen LogP contribution in [0.2, 0.25) is 10.0 Å². The number of aliphatic hydroxyl groups is 1. The highest BCUT2D eigenvalue weighted by molar-refractivity contribution is 7.89. The van der Waals surface area contributed by atoms with E-state index in [0.717, 1.165) is 5.56 Å². The lowest BCUT2D eigenvalue weighted by molar-refractivity contribution is -0.136. The van der Waals surface area contributed by atoms with Crippen LogP contribution in [-0.2, 0) is 27.8 Å². The number of carbonyl (C=O) groups is 1. The summed E-state index contributed by atoms with van der Waals surface area (Å²) in [6.07, 6.45) is -1.35.